The van der Waals surface area contributed by atoms with Crippen LogP contribution in [0.15, 0.2) is 5.16 Å². The third-order valence-electron chi connectivity index (χ3n) is 2.20. The molecule has 0 bridgehead atoms. The van der Waals surface area contributed by atoms with E-state index in [0.29, 0.717) is 25.9 Å². The molecule has 0 aliphatic heterocycles. The van der Waals surface area contributed by atoms with E-state index in [2.05, 4.69) is 10.5 Å². The van der Waals surface area contributed by atoms with E-state index >= 15 is 0 Å². The molecule has 0 amide bonds. The van der Waals surface area contributed by atoms with Crippen molar-refractivity contribution in [3.05, 3.63) is 0 Å². The van der Waals surface area contributed by atoms with Gasteiger partial charge in [0.15, 0.2) is 5.84 Å². The van der Waals surface area contributed by atoms with Crippen molar-refractivity contribution in [2.75, 3.05) is 13.1 Å². The number of nitrogens with two attached hydrogens (primary N) is 1. The van der Waals surface area contributed by atoms with E-state index in [1.165, 1.54) is 0 Å². The summed E-state index contributed by atoms with van der Waals surface area (Å²) in [6.45, 7) is 4.60. The summed E-state index contributed by atoms with van der Waals surface area (Å²) in [5.41, 5.74) is 4.56. The molecule has 0 fully saturated rings. The van der Waals surface area contributed by atoms with Gasteiger partial charge in [0.25, 0.3) is 0 Å². The van der Waals surface area contributed by atoms with Gasteiger partial charge in [0.1, 0.15) is 0 Å². The molecule has 0 aliphatic carbocycles. The molecule has 13 heavy (non-hydrogen) atoms. The number of oxime groups is 1. The fraction of sp³-hybridized carbons (Fsp3) is 0.875. The molecule has 5 N–H and O–H groups in total. The van der Waals surface area contributed by atoms with Gasteiger partial charge >= 0.3 is 0 Å². The zero-order chi connectivity index (χ0) is 10.3. The summed E-state index contributed by atoms with van der Waals surface area (Å²) in [6, 6.07) is 0. The van der Waals surface area contributed by atoms with Crippen LogP contribution in [-0.4, -0.2) is 34.8 Å². The number of nitrogens with one attached hydrogen (secondary N) is 1. The third kappa shape index (κ3) is 4.69. The van der Waals surface area contributed by atoms with Crippen LogP contribution in [0.5, 0.6) is 0 Å². The number of hydrogen-bond acceptors (Lipinski definition) is 4. The van der Waals surface area contributed by atoms with E-state index in [-0.39, 0.29) is 5.84 Å². The van der Waals surface area contributed by atoms with Gasteiger partial charge in [-0.25, -0.2) is 0 Å². The maximum Gasteiger partial charge on any atom is 0.153 e. The summed E-state index contributed by atoms with van der Waals surface area (Å²) in [5, 5.41) is 23.8. The molecule has 5 heteroatoms. The molecule has 0 aliphatic rings. The zero-order valence-corrected chi connectivity index (χ0v) is 8.25. The predicted octanol–water partition coefficient (Wildman–Crippen LogP) is -0.126. The molecule has 0 spiro atoms. The molecule has 0 atom stereocenters. The van der Waals surface area contributed by atoms with Gasteiger partial charge in [-0.05, 0) is 12.8 Å². The molecule has 0 saturated heterocycles. The highest BCUT2D eigenvalue weighted by molar-refractivity contribution is 5.81. The van der Waals surface area contributed by atoms with Crippen LogP contribution in [-0.2, 0) is 0 Å². The molecule has 5 nitrogen and oxygen atoms in total. The maximum absolute atomic E-state index is 9.81. The van der Waals surface area contributed by atoms with E-state index in [0.717, 1.165) is 0 Å². The highest BCUT2D eigenvalue weighted by Crippen LogP contribution is 2.12. The molecule has 0 saturated carbocycles. The Labute approximate surface area is 78.6 Å². The summed E-state index contributed by atoms with van der Waals surface area (Å²) in [6.07, 6.45) is 1.37. The Morgan fingerprint density at radius 2 is 2.00 bits per heavy atom. The summed E-state index contributed by atoms with van der Waals surface area (Å²) in [7, 11) is 0. The Morgan fingerprint density at radius 1 is 1.46 bits per heavy atom. The van der Waals surface area contributed by atoms with E-state index in [1.807, 2.05) is 13.8 Å². The van der Waals surface area contributed by atoms with E-state index in [1.54, 1.807) is 0 Å². The second kappa shape index (κ2) is 5.77. The fourth-order valence-electron chi connectivity index (χ4n) is 0.959. The van der Waals surface area contributed by atoms with Crippen molar-refractivity contribution in [2.24, 2.45) is 10.9 Å². The zero-order valence-electron chi connectivity index (χ0n) is 8.25. The fourth-order valence-corrected chi connectivity index (χ4v) is 0.959. The standard InChI is InChI=1S/C8H19N3O2/c1-3-8(12,4-2)6-10-5-7(9)11-13/h10,12-13H,3-6H2,1-2H3,(H2,9,11). The quantitative estimate of drug-likeness (QED) is 0.203. The highest BCUT2D eigenvalue weighted by atomic mass is 16.4. The van der Waals surface area contributed by atoms with E-state index in [9.17, 15) is 5.11 Å². The monoisotopic (exact) mass is 189 g/mol. The first-order valence-corrected chi connectivity index (χ1v) is 4.47. The van der Waals surface area contributed by atoms with Gasteiger partial charge in [-0.2, -0.15) is 0 Å². The van der Waals surface area contributed by atoms with Crippen LogP contribution in [0.25, 0.3) is 0 Å². The van der Waals surface area contributed by atoms with Crippen LogP contribution in [0.1, 0.15) is 26.7 Å². The summed E-state index contributed by atoms with van der Waals surface area (Å²) < 4.78 is 0. The summed E-state index contributed by atoms with van der Waals surface area (Å²) >= 11 is 0. The lowest BCUT2D eigenvalue weighted by atomic mass is 9.98. The lowest BCUT2D eigenvalue weighted by Gasteiger charge is -2.25. The van der Waals surface area contributed by atoms with Gasteiger partial charge in [-0.1, -0.05) is 19.0 Å². The van der Waals surface area contributed by atoms with Crippen LogP contribution < -0.4 is 11.1 Å². The number of hydrogen-bond donors (Lipinski definition) is 4. The Hall–Kier alpha value is -0.810. The summed E-state index contributed by atoms with van der Waals surface area (Å²) in [5.74, 6) is 0.120. The number of aliphatic hydroxyl groups is 1. The number of nitrogens with zero attached hydrogens (tertiary/aromatic N) is 1. The number of rotatable bonds is 6. The first kappa shape index (κ1) is 12.2. The Bertz CT molecular complexity index is 167. The van der Waals surface area contributed by atoms with Crippen molar-refractivity contribution >= 4 is 5.84 Å². The molecule has 0 rings (SSSR count). The predicted molar refractivity (Wildman–Crippen MR) is 51.8 cm³/mol. The van der Waals surface area contributed by atoms with Gasteiger partial charge in [0.2, 0.25) is 0 Å². The minimum absolute atomic E-state index is 0.120. The summed E-state index contributed by atoms with van der Waals surface area (Å²) in [4.78, 5) is 0. The molecule has 78 valence electrons. The molecule has 0 radical (unpaired) electrons. The van der Waals surface area contributed by atoms with E-state index in [4.69, 9.17) is 10.9 Å². The molecule has 0 unspecified atom stereocenters. The average molecular weight is 189 g/mol. The third-order valence-corrected chi connectivity index (χ3v) is 2.20. The van der Waals surface area contributed by atoms with Crippen molar-refractivity contribution in [2.45, 2.75) is 32.3 Å². The lowest BCUT2D eigenvalue weighted by molar-refractivity contribution is 0.0337. The van der Waals surface area contributed by atoms with Crippen LogP contribution >= 0.6 is 0 Å². The van der Waals surface area contributed by atoms with Crippen LogP contribution in [0.4, 0.5) is 0 Å². The molecule has 0 aromatic heterocycles. The Morgan fingerprint density at radius 3 is 2.38 bits per heavy atom. The molecule has 0 aromatic carbocycles. The topological polar surface area (TPSA) is 90.9 Å². The van der Waals surface area contributed by atoms with Crippen molar-refractivity contribution in [1.82, 2.24) is 5.32 Å². The number of amidine groups is 1. The van der Waals surface area contributed by atoms with E-state index < -0.39 is 5.60 Å². The second-order valence-electron chi connectivity index (χ2n) is 3.13. The van der Waals surface area contributed by atoms with Crippen molar-refractivity contribution in [1.29, 1.82) is 0 Å². The molecule has 0 heterocycles. The van der Waals surface area contributed by atoms with Gasteiger partial charge in [0.05, 0.1) is 12.1 Å². The Balaban J connectivity index is 3.74. The van der Waals surface area contributed by atoms with Crippen molar-refractivity contribution in [3.63, 3.8) is 0 Å². The van der Waals surface area contributed by atoms with Gasteiger partial charge < -0.3 is 21.4 Å². The SMILES string of the molecule is CCC(O)(CC)CNCC(N)=NO. The van der Waals surface area contributed by atoms with Gasteiger partial charge in [-0.15, -0.1) is 0 Å². The van der Waals surface area contributed by atoms with Crippen molar-refractivity contribution in [3.8, 4) is 0 Å². The highest BCUT2D eigenvalue weighted by Gasteiger charge is 2.21. The minimum atomic E-state index is -0.685. The van der Waals surface area contributed by atoms with Gasteiger partial charge in [-0.3, -0.25) is 0 Å². The smallest absolute Gasteiger partial charge is 0.153 e. The first-order chi connectivity index (χ1) is 6.08. The average Bonchev–Trinajstić information content (AvgIpc) is 2.17. The second-order valence-corrected chi connectivity index (χ2v) is 3.13. The first-order valence-electron chi connectivity index (χ1n) is 4.47. The molecular formula is C8H19N3O2. The molecular weight excluding hydrogens is 170 g/mol. The van der Waals surface area contributed by atoms with Crippen LogP contribution in [0, 0.1) is 0 Å². The lowest BCUT2D eigenvalue weighted by Crippen LogP contribution is -2.42. The maximum atomic E-state index is 9.81. The van der Waals surface area contributed by atoms with Gasteiger partial charge in [0, 0.05) is 6.54 Å². The van der Waals surface area contributed by atoms with Crippen molar-refractivity contribution < 1.29 is 10.3 Å². The van der Waals surface area contributed by atoms with Crippen LogP contribution in [0.2, 0.25) is 0 Å². The molecule has 0 aromatic rings. The van der Waals surface area contributed by atoms with Crippen LogP contribution in [0.3, 0.4) is 0 Å². The largest absolute Gasteiger partial charge is 0.409 e. The normalized spacial score (nSPS) is 13.3. The Kier molecular flexibility index (Phi) is 5.41. The minimum Gasteiger partial charge on any atom is -0.409 e.